The Hall–Kier alpha value is -3.46. The van der Waals surface area contributed by atoms with E-state index in [1.807, 2.05) is 6.07 Å². The summed E-state index contributed by atoms with van der Waals surface area (Å²) in [6, 6.07) is 13.6. The van der Waals surface area contributed by atoms with E-state index in [2.05, 4.69) is 0 Å². The largest absolute Gasteiger partial charge is 0.478 e. The zero-order chi connectivity index (χ0) is 17.3. The fourth-order valence-electron chi connectivity index (χ4n) is 2.61. The number of halogens is 1. The summed E-state index contributed by atoms with van der Waals surface area (Å²) in [6.45, 7) is 0.0171. The van der Waals surface area contributed by atoms with Crippen molar-refractivity contribution in [1.82, 2.24) is 4.57 Å². The molecule has 3 aromatic rings. The molecule has 6 heteroatoms. The molecule has 0 amide bonds. The van der Waals surface area contributed by atoms with Gasteiger partial charge in [-0.1, -0.05) is 18.2 Å². The molecule has 1 N–H and O–H groups in total. The van der Waals surface area contributed by atoms with Gasteiger partial charge in [-0.15, -0.1) is 0 Å². The molecule has 0 bridgehead atoms. The Morgan fingerprint density at radius 2 is 1.96 bits per heavy atom. The van der Waals surface area contributed by atoms with Gasteiger partial charge in [-0.05, 0) is 29.8 Å². The Morgan fingerprint density at radius 3 is 2.67 bits per heavy atom. The minimum atomic E-state index is -1.25. The normalized spacial score (nSPS) is 10.5. The highest BCUT2D eigenvalue weighted by Crippen LogP contribution is 2.20. The van der Waals surface area contributed by atoms with Crippen LogP contribution in [0.2, 0.25) is 0 Å². The highest BCUT2D eigenvalue weighted by Gasteiger charge is 2.14. The van der Waals surface area contributed by atoms with Crippen LogP contribution >= 0.6 is 0 Å². The van der Waals surface area contributed by atoms with Crippen LogP contribution in [0.3, 0.4) is 0 Å². The van der Waals surface area contributed by atoms with Crippen molar-refractivity contribution >= 4 is 16.9 Å². The van der Waals surface area contributed by atoms with Gasteiger partial charge in [-0.25, -0.2) is 9.18 Å². The molecule has 0 aliphatic rings. The first kappa shape index (κ1) is 15.4. The molecule has 0 saturated heterocycles. The van der Waals surface area contributed by atoms with Crippen molar-refractivity contribution in [2.24, 2.45) is 0 Å². The molecular weight excluding hydrogens is 311 g/mol. The number of carboxylic acid groups (broad SMARTS) is 1. The number of carboxylic acids is 1. The minimum Gasteiger partial charge on any atom is -0.478 e. The van der Waals surface area contributed by atoms with Crippen LogP contribution in [0.25, 0.3) is 10.9 Å². The Kier molecular flexibility index (Phi) is 3.84. The second kappa shape index (κ2) is 5.97. The lowest BCUT2D eigenvalue weighted by molar-refractivity contribution is 0.0696. The molecule has 0 unspecified atom stereocenters. The van der Waals surface area contributed by atoms with Crippen LogP contribution in [-0.2, 0) is 6.54 Å². The zero-order valence-corrected chi connectivity index (χ0v) is 12.4. The molecule has 118 valence electrons. The fourth-order valence-corrected chi connectivity index (χ4v) is 2.61. The number of nitrogens with zero attached hydrogens (tertiary/aromatic N) is 2. The Bertz CT molecular complexity index is 1060. The highest BCUT2D eigenvalue weighted by atomic mass is 19.1. The van der Waals surface area contributed by atoms with Crippen molar-refractivity contribution in [1.29, 1.82) is 5.26 Å². The smallest absolute Gasteiger partial charge is 0.335 e. The van der Waals surface area contributed by atoms with E-state index in [0.29, 0.717) is 16.5 Å². The lowest BCUT2D eigenvalue weighted by Gasteiger charge is -2.12. The quantitative estimate of drug-likeness (QED) is 0.803. The number of aromatic nitrogens is 1. The fraction of sp³-hybridized carbons (Fsp3) is 0.0556. The number of fused-ring (bicyclic) bond motifs is 1. The molecule has 1 aromatic heterocycles. The van der Waals surface area contributed by atoms with Crippen molar-refractivity contribution in [2.75, 3.05) is 0 Å². The number of nitriles is 1. The van der Waals surface area contributed by atoms with Crippen LogP contribution in [0.15, 0.2) is 53.3 Å². The number of rotatable bonds is 3. The number of hydrogen-bond acceptors (Lipinski definition) is 3. The molecule has 0 radical (unpaired) electrons. The van der Waals surface area contributed by atoms with E-state index in [0.717, 1.165) is 6.07 Å². The summed E-state index contributed by atoms with van der Waals surface area (Å²) < 4.78 is 15.6. The summed E-state index contributed by atoms with van der Waals surface area (Å²) in [6.07, 6.45) is 0. The molecule has 0 aliphatic carbocycles. The Balaban J connectivity index is 2.25. The van der Waals surface area contributed by atoms with E-state index in [1.165, 1.54) is 22.8 Å². The third kappa shape index (κ3) is 2.63. The summed E-state index contributed by atoms with van der Waals surface area (Å²) in [5.74, 6) is -2.04. The second-order valence-corrected chi connectivity index (χ2v) is 5.23. The van der Waals surface area contributed by atoms with Crippen molar-refractivity contribution in [2.45, 2.75) is 6.54 Å². The van der Waals surface area contributed by atoms with Gasteiger partial charge in [0, 0.05) is 11.5 Å². The van der Waals surface area contributed by atoms with Gasteiger partial charge in [0.15, 0.2) is 0 Å². The molecule has 0 spiro atoms. The first-order valence-electron chi connectivity index (χ1n) is 7.05. The maximum atomic E-state index is 14.4. The molecule has 2 aromatic carbocycles. The molecule has 5 nitrogen and oxygen atoms in total. The van der Waals surface area contributed by atoms with Gasteiger partial charge in [0.25, 0.3) is 5.56 Å². The Labute approximate surface area is 135 Å². The summed E-state index contributed by atoms with van der Waals surface area (Å²) in [7, 11) is 0. The monoisotopic (exact) mass is 322 g/mol. The van der Waals surface area contributed by atoms with Crippen LogP contribution < -0.4 is 5.56 Å². The van der Waals surface area contributed by atoms with Gasteiger partial charge in [-0.3, -0.25) is 4.79 Å². The van der Waals surface area contributed by atoms with Crippen molar-refractivity contribution in [3.63, 3.8) is 0 Å². The van der Waals surface area contributed by atoms with Crippen LogP contribution in [0.1, 0.15) is 21.5 Å². The van der Waals surface area contributed by atoms with Crippen molar-refractivity contribution in [3.8, 4) is 6.07 Å². The summed E-state index contributed by atoms with van der Waals surface area (Å²) in [5.41, 5.74) is 0.361. The standard InChI is InChI=1S/C18H11FN2O3/c19-15-8-14(18(23)24)7-11-5-6-16(22)21(17(11)15)10-13-4-2-1-3-12(13)9-20/h1-8H,10H2,(H,23,24). The number of hydrogen-bond donors (Lipinski definition) is 1. The van der Waals surface area contributed by atoms with E-state index in [-0.39, 0.29) is 17.6 Å². The van der Waals surface area contributed by atoms with E-state index >= 15 is 0 Å². The second-order valence-electron chi connectivity index (χ2n) is 5.23. The van der Waals surface area contributed by atoms with Gasteiger partial charge < -0.3 is 9.67 Å². The maximum Gasteiger partial charge on any atom is 0.335 e. The first-order valence-corrected chi connectivity index (χ1v) is 7.05. The van der Waals surface area contributed by atoms with Gasteiger partial charge in [0.1, 0.15) is 5.82 Å². The summed E-state index contributed by atoms with van der Waals surface area (Å²) >= 11 is 0. The average Bonchev–Trinajstić information content (AvgIpc) is 2.57. The topological polar surface area (TPSA) is 83.1 Å². The van der Waals surface area contributed by atoms with E-state index in [4.69, 9.17) is 10.4 Å². The van der Waals surface area contributed by atoms with E-state index in [9.17, 15) is 14.0 Å². The van der Waals surface area contributed by atoms with Crippen LogP contribution in [-0.4, -0.2) is 15.6 Å². The minimum absolute atomic E-state index is 0.0141. The third-order valence-corrected chi connectivity index (χ3v) is 3.75. The highest BCUT2D eigenvalue weighted by molar-refractivity contribution is 5.93. The van der Waals surface area contributed by atoms with Gasteiger partial charge in [0.05, 0.1) is 29.3 Å². The molecule has 0 saturated carbocycles. The Morgan fingerprint density at radius 1 is 1.21 bits per heavy atom. The van der Waals surface area contributed by atoms with Crippen LogP contribution in [0.4, 0.5) is 4.39 Å². The molecule has 0 aliphatic heterocycles. The molecule has 3 rings (SSSR count). The zero-order valence-electron chi connectivity index (χ0n) is 12.4. The molecule has 1 heterocycles. The van der Waals surface area contributed by atoms with Gasteiger partial charge in [0.2, 0.25) is 0 Å². The maximum absolute atomic E-state index is 14.4. The average molecular weight is 322 g/mol. The number of carbonyl (C=O) groups is 1. The molecule has 24 heavy (non-hydrogen) atoms. The van der Waals surface area contributed by atoms with E-state index < -0.39 is 17.3 Å². The predicted molar refractivity (Wildman–Crippen MR) is 85.4 cm³/mol. The lowest BCUT2D eigenvalue weighted by atomic mass is 10.1. The summed E-state index contributed by atoms with van der Waals surface area (Å²) in [5, 5.41) is 18.5. The van der Waals surface area contributed by atoms with E-state index in [1.54, 1.807) is 24.3 Å². The van der Waals surface area contributed by atoms with Crippen LogP contribution in [0.5, 0.6) is 0 Å². The number of pyridine rings is 1. The number of aromatic carboxylic acids is 1. The summed E-state index contributed by atoms with van der Waals surface area (Å²) in [4.78, 5) is 23.3. The predicted octanol–water partition coefficient (Wildman–Crippen LogP) is 2.76. The van der Waals surface area contributed by atoms with Gasteiger partial charge >= 0.3 is 5.97 Å². The third-order valence-electron chi connectivity index (χ3n) is 3.75. The number of benzene rings is 2. The van der Waals surface area contributed by atoms with Crippen molar-refractivity contribution < 1.29 is 14.3 Å². The SMILES string of the molecule is N#Cc1ccccc1Cn1c(=O)ccc2cc(C(=O)O)cc(F)c21. The first-order chi connectivity index (χ1) is 11.5. The lowest BCUT2D eigenvalue weighted by Crippen LogP contribution is -2.21. The molecular formula is C18H11FN2O3. The van der Waals surface area contributed by atoms with Crippen LogP contribution in [0, 0.1) is 17.1 Å². The molecule has 0 fully saturated rings. The molecule has 0 atom stereocenters. The van der Waals surface area contributed by atoms with Gasteiger partial charge in [-0.2, -0.15) is 5.26 Å². The van der Waals surface area contributed by atoms with Crippen molar-refractivity contribution in [3.05, 3.63) is 81.4 Å².